The molecule has 3 aliphatic heterocycles. The standard InChI is InChI=1S/C21H25NO2/c1-23-19-10-6-5-9-18(19)15-24-21-17-11-13-22(14-12-17)20(21)16-7-3-2-4-8-16/h2-10,17,20-21H,11-15H2,1H3/t20-,21-/m0/s1. The number of hydrogen-bond acceptors (Lipinski definition) is 3. The molecule has 5 rings (SSSR count). The summed E-state index contributed by atoms with van der Waals surface area (Å²) >= 11 is 0. The molecule has 2 bridgehead atoms. The maximum atomic E-state index is 6.49. The minimum Gasteiger partial charge on any atom is -0.496 e. The smallest absolute Gasteiger partial charge is 0.124 e. The van der Waals surface area contributed by atoms with Gasteiger partial charge in [-0.2, -0.15) is 0 Å². The Kier molecular flexibility index (Phi) is 4.54. The highest BCUT2D eigenvalue weighted by Gasteiger charge is 2.43. The van der Waals surface area contributed by atoms with Crippen LogP contribution in [-0.2, 0) is 11.3 Å². The van der Waals surface area contributed by atoms with Gasteiger partial charge in [0.1, 0.15) is 5.75 Å². The van der Waals surface area contributed by atoms with Crippen molar-refractivity contribution in [3.63, 3.8) is 0 Å². The van der Waals surface area contributed by atoms with E-state index in [-0.39, 0.29) is 6.10 Å². The van der Waals surface area contributed by atoms with E-state index in [2.05, 4.69) is 41.3 Å². The molecule has 0 unspecified atom stereocenters. The molecule has 3 saturated heterocycles. The maximum absolute atomic E-state index is 6.49. The minimum atomic E-state index is 0.264. The fourth-order valence-electron chi connectivity index (χ4n) is 4.28. The number of hydrogen-bond donors (Lipinski definition) is 0. The third-order valence-electron chi connectivity index (χ3n) is 5.51. The summed E-state index contributed by atoms with van der Waals surface area (Å²) < 4.78 is 12.0. The van der Waals surface area contributed by atoms with Crippen LogP contribution in [0.3, 0.4) is 0 Å². The summed E-state index contributed by atoms with van der Waals surface area (Å²) in [5, 5.41) is 0. The molecule has 0 aromatic heterocycles. The summed E-state index contributed by atoms with van der Waals surface area (Å²) in [5.74, 6) is 1.57. The van der Waals surface area contributed by atoms with Gasteiger partial charge in [0.25, 0.3) is 0 Å². The molecule has 3 nitrogen and oxygen atoms in total. The molecule has 2 atom stereocenters. The second kappa shape index (κ2) is 6.96. The molecule has 2 aromatic carbocycles. The predicted molar refractivity (Wildman–Crippen MR) is 95.1 cm³/mol. The van der Waals surface area contributed by atoms with Crippen LogP contribution in [0.4, 0.5) is 0 Å². The molecule has 0 N–H and O–H groups in total. The Labute approximate surface area is 144 Å². The largest absolute Gasteiger partial charge is 0.496 e. The molecule has 3 aliphatic rings. The van der Waals surface area contributed by atoms with E-state index in [9.17, 15) is 0 Å². The fraction of sp³-hybridized carbons (Fsp3) is 0.429. The molecule has 3 heterocycles. The molecule has 0 aliphatic carbocycles. The number of nitrogens with zero attached hydrogens (tertiary/aromatic N) is 1. The van der Waals surface area contributed by atoms with Gasteiger partial charge in [0.15, 0.2) is 0 Å². The van der Waals surface area contributed by atoms with Gasteiger partial charge in [0, 0.05) is 5.56 Å². The van der Waals surface area contributed by atoms with Gasteiger partial charge in [-0.15, -0.1) is 0 Å². The van der Waals surface area contributed by atoms with Crippen LogP contribution < -0.4 is 4.74 Å². The van der Waals surface area contributed by atoms with Gasteiger partial charge >= 0.3 is 0 Å². The summed E-state index contributed by atoms with van der Waals surface area (Å²) in [4.78, 5) is 2.60. The number of methoxy groups -OCH3 is 1. The molecular weight excluding hydrogens is 298 g/mol. The van der Waals surface area contributed by atoms with Crippen LogP contribution in [0.1, 0.15) is 30.0 Å². The average molecular weight is 323 g/mol. The van der Waals surface area contributed by atoms with Crippen LogP contribution >= 0.6 is 0 Å². The third-order valence-corrected chi connectivity index (χ3v) is 5.51. The molecule has 0 spiro atoms. The first kappa shape index (κ1) is 15.7. The second-order valence-corrected chi connectivity index (χ2v) is 6.82. The lowest BCUT2D eigenvalue weighted by atomic mass is 9.78. The first-order chi connectivity index (χ1) is 11.9. The van der Waals surface area contributed by atoms with Crippen LogP contribution in [-0.4, -0.2) is 31.2 Å². The molecule has 0 amide bonds. The first-order valence-corrected chi connectivity index (χ1v) is 8.89. The predicted octanol–water partition coefficient (Wildman–Crippen LogP) is 4.05. The molecule has 24 heavy (non-hydrogen) atoms. The summed E-state index contributed by atoms with van der Waals surface area (Å²) in [6.07, 6.45) is 2.76. The van der Waals surface area contributed by atoms with Gasteiger partial charge in [-0.1, -0.05) is 48.5 Å². The van der Waals surface area contributed by atoms with Crippen molar-refractivity contribution in [2.24, 2.45) is 5.92 Å². The van der Waals surface area contributed by atoms with E-state index in [1.165, 1.54) is 31.5 Å². The van der Waals surface area contributed by atoms with Gasteiger partial charge in [-0.05, 0) is 43.5 Å². The Morgan fingerprint density at radius 3 is 2.42 bits per heavy atom. The van der Waals surface area contributed by atoms with Crippen LogP contribution in [0.2, 0.25) is 0 Å². The molecular formula is C21H25NO2. The van der Waals surface area contributed by atoms with Crippen LogP contribution in [0, 0.1) is 5.92 Å². The highest BCUT2D eigenvalue weighted by atomic mass is 16.5. The highest BCUT2D eigenvalue weighted by molar-refractivity contribution is 5.32. The third kappa shape index (κ3) is 2.94. The lowest BCUT2D eigenvalue weighted by Crippen LogP contribution is -2.53. The van der Waals surface area contributed by atoms with E-state index >= 15 is 0 Å². The lowest BCUT2D eigenvalue weighted by Gasteiger charge is -2.50. The average Bonchev–Trinajstić information content (AvgIpc) is 2.67. The zero-order valence-corrected chi connectivity index (χ0v) is 14.2. The van der Waals surface area contributed by atoms with E-state index < -0.39 is 0 Å². The Bertz CT molecular complexity index is 665. The Balaban J connectivity index is 1.55. The van der Waals surface area contributed by atoms with E-state index in [0.29, 0.717) is 18.6 Å². The van der Waals surface area contributed by atoms with E-state index in [4.69, 9.17) is 9.47 Å². The van der Waals surface area contributed by atoms with Crippen LogP contribution in [0.25, 0.3) is 0 Å². The Morgan fingerprint density at radius 1 is 0.958 bits per heavy atom. The number of benzene rings is 2. The summed E-state index contributed by atoms with van der Waals surface area (Å²) in [7, 11) is 1.72. The van der Waals surface area contributed by atoms with Crippen molar-refractivity contribution in [3.05, 3.63) is 65.7 Å². The van der Waals surface area contributed by atoms with E-state index in [0.717, 1.165) is 11.3 Å². The highest BCUT2D eigenvalue weighted by Crippen LogP contribution is 2.43. The van der Waals surface area contributed by atoms with Gasteiger partial charge in [0.2, 0.25) is 0 Å². The zero-order valence-electron chi connectivity index (χ0n) is 14.2. The Hall–Kier alpha value is -1.84. The van der Waals surface area contributed by atoms with Crippen molar-refractivity contribution in [3.8, 4) is 5.75 Å². The molecule has 3 fully saturated rings. The molecule has 0 radical (unpaired) electrons. The molecule has 0 saturated carbocycles. The first-order valence-electron chi connectivity index (χ1n) is 8.89. The number of piperidine rings is 3. The Morgan fingerprint density at radius 2 is 1.67 bits per heavy atom. The quantitative estimate of drug-likeness (QED) is 0.828. The number of ether oxygens (including phenoxy) is 2. The van der Waals surface area contributed by atoms with Crippen molar-refractivity contribution in [2.75, 3.05) is 20.2 Å². The van der Waals surface area contributed by atoms with E-state index in [1.54, 1.807) is 7.11 Å². The van der Waals surface area contributed by atoms with Crippen molar-refractivity contribution in [1.82, 2.24) is 4.90 Å². The van der Waals surface area contributed by atoms with Gasteiger partial charge in [-0.3, -0.25) is 4.90 Å². The molecule has 3 heteroatoms. The monoisotopic (exact) mass is 323 g/mol. The van der Waals surface area contributed by atoms with Crippen molar-refractivity contribution >= 4 is 0 Å². The maximum Gasteiger partial charge on any atom is 0.124 e. The van der Waals surface area contributed by atoms with Gasteiger partial charge < -0.3 is 9.47 Å². The number of para-hydroxylation sites is 1. The zero-order chi connectivity index (χ0) is 16.4. The summed E-state index contributed by atoms with van der Waals surface area (Å²) in [6, 6.07) is 19.4. The number of rotatable bonds is 5. The van der Waals surface area contributed by atoms with Crippen LogP contribution in [0.15, 0.2) is 54.6 Å². The van der Waals surface area contributed by atoms with Crippen LogP contribution in [0.5, 0.6) is 5.75 Å². The second-order valence-electron chi connectivity index (χ2n) is 6.82. The lowest BCUT2D eigenvalue weighted by molar-refractivity contribution is -0.118. The fourth-order valence-corrected chi connectivity index (χ4v) is 4.28. The summed E-state index contributed by atoms with van der Waals surface area (Å²) in [6.45, 7) is 3.00. The molecule has 2 aromatic rings. The normalized spacial score (nSPS) is 28.7. The number of fused-ring (bicyclic) bond motifs is 3. The summed E-state index contributed by atoms with van der Waals surface area (Å²) in [5.41, 5.74) is 2.51. The van der Waals surface area contributed by atoms with E-state index in [1.807, 2.05) is 18.2 Å². The molecule has 126 valence electrons. The topological polar surface area (TPSA) is 21.7 Å². The van der Waals surface area contributed by atoms with Gasteiger partial charge in [0.05, 0.1) is 25.9 Å². The van der Waals surface area contributed by atoms with Crippen molar-refractivity contribution in [2.45, 2.75) is 31.6 Å². The SMILES string of the molecule is COc1ccccc1CO[C@H]1C2CCN(CC2)[C@H]1c1ccccc1. The van der Waals surface area contributed by atoms with Gasteiger partial charge in [-0.25, -0.2) is 0 Å². The van der Waals surface area contributed by atoms with Crippen molar-refractivity contribution < 1.29 is 9.47 Å². The minimum absolute atomic E-state index is 0.264. The van der Waals surface area contributed by atoms with Crippen molar-refractivity contribution in [1.29, 1.82) is 0 Å².